The second-order valence-corrected chi connectivity index (χ2v) is 15.9. The fourth-order valence-electron chi connectivity index (χ4n) is 5.16. The molecule has 2 aromatic rings. The van der Waals surface area contributed by atoms with E-state index in [-0.39, 0.29) is 0 Å². The lowest BCUT2D eigenvalue weighted by molar-refractivity contribution is 0.687. The van der Waals surface area contributed by atoms with Crippen molar-refractivity contribution < 1.29 is 0 Å². The molecule has 1 aliphatic rings. The van der Waals surface area contributed by atoms with Gasteiger partial charge >= 0.3 is 0 Å². The summed E-state index contributed by atoms with van der Waals surface area (Å²) < 4.78 is 0. The average Bonchev–Trinajstić information content (AvgIpc) is 2.57. The van der Waals surface area contributed by atoms with Crippen molar-refractivity contribution >= 4 is 37.6 Å². The molecular weight excluding hydrogens is 344 g/mol. The van der Waals surface area contributed by atoms with E-state index in [9.17, 15) is 0 Å². The van der Waals surface area contributed by atoms with Crippen LogP contribution in [0, 0.1) is 17.8 Å². The number of hydrogen-bond donors (Lipinski definition) is 0. The lowest BCUT2D eigenvalue weighted by Gasteiger charge is -2.44. The summed E-state index contributed by atoms with van der Waals surface area (Å²) in [4.78, 5) is 0. The maximum atomic E-state index is 2.52. The Labute approximate surface area is 163 Å². The van der Waals surface area contributed by atoms with Gasteiger partial charge in [-0.1, -0.05) is 111 Å². The van der Waals surface area contributed by atoms with Crippen LogP contribution in [0.1, 0.15) is 41.5 Å². The summed E-state index contributed by atoms with van der Waals surface area (Å²) in [5, 5.41) is 7.07. The highest BCUT2D eigenvalue weighted by molar-refractivity contribution is 7.12. The normalized spacial score (nSPS) is 16.2. The van der Waals surface area contributed by atoms with E-state index in [4.69, 9.17) is 0 Å². The van der Waals surface area contributed by atoms with Crippen molar-refractivity contribution in [1.29, 1.82) is 0 Å². The van der Waals surface area contributed by atoms with Gasteiger partial charge in [0.2, 0.25) is 0 Å². The van der Waals surface area contributed by atoms with Crippen LogP contribution in [0.4, 0.5) is 0 Å². The zero-order valence-corrected chi connectivity index (χ0v) is 19.5. The van der Waals surface area contributed by atoms with E-state index in [1.807, 2.05) is 0 Å². The van der Waals surface area contributed by atoms with Crippen LogP contribution in [-0.2, 0) is 0 Å². The summed E-state index contributed by atoms with van der Waals surface area (Å²) in [6.45, 7) is 14.5. The molecule has 0 N–H and O–H groups in total. The summed E-state index contributed by atoms with van der Waals surface area (Å²) in [6.07, 6.45) is 0. The molecule has 0 atom stereocenters. The lowest BCUT2D eigenvalue weighted by atomic mass is 10.3. The first-order valence-electron chi connectivity index (χ1n) is 10.4. The van der Waals surface area contributed by atoms with Gasteiger partial charge in [0, 0.05) is 0 Å². The van der Waals surface area contributed by atoms with Gasteiger partial charge in [0.05, 0.1) is 0 Å². The molecule has 2 aromatic carbocycles. The monoisotopic (exact) mass is 379 g/mol. The molecule has 0 spiro atoms. The fraction of sp³-hybridized carbons (Fsp3) is 0.500. The summed E-state index contributed by atoms with van der Waals surface area (Å²) >= 11 is 0. The molecule has 1 aliphatic heterocycles. The van der Waals surface area contributed by atoms with Gasteiger partial charge in [-0.3, -0.25) is 0 Å². The van der Waals surface area contributed by atoms with E-state index in [0.29, 0.717) is 0 Å². The Balaban J connectivity index is 2.29. The molecule has 1 radical (unpaired) electrons. The molecule has 26 heavy (non-hydrogen) atoms. The Morgan fingerprint density at radius 2 is 1.08 bits per heavy atom. The minimum absolute atomic E-state index is 0.667. The number of hydrogen-bond acceptors (Lipinski definition) is 0. The first-order chi connectivity index (χ1) is 12.3. The van der Waals surface area contributed by atoms with Crippen LogP contribution in [0.25, 0.3) is 0 Å². The van der Waals surface area contributed by atoms with Crippen LogP contribution in [-0.4, -0.2) is 16.9 Å². The molecule has 0 aliphatic carbocycles. The molecule has 139 valence electrons. The van der Waals surface area contributed by atoms with Crippen LogP contribution in [0.5, 0.6) is 0 Å². The SMILES string of the molecule is CC(C)C[Si]1c2ccccc2[Si](CC(C)C)(CC(C)C)c2ccccc21. The molecule has 0 nitrogen and oxygen atoms in total. The zero-order valence-electron chi connectivity index (χ0n) is 17.5. The minimum atomic E-state index is -1.72. The van der Waals surface area contributed by atoms with Gasteiger partial charge in [-0.2, -0.15) is 0 Å². The Morgan fingerprint density at radius 3 is 1.46 bits per heavy atom. The van der Waals surface area contributed by atoms with E-state index >= 15 is 0 Å². The Hall–Kier alpha value is -1.13. The summed E-state index contributed by atoms with van der Waals surface area (Å²) in [5.41, 5.74) is 0. The first kappa shape index (κ1) is 19.6. The van der Waals surface area contributed by atoms with Crippen LogP contribution in [0.2, 0.25) is 18.1 Å². The van der Waals surface area contributed by atoms with Crippen molar-refractivity contribution in [2.24, 2.45) is 17.8 Å². The summed E-state index contributed by atoms with van der Waals surface area (Å²) in [6, 6.07) is 23.4. The van der Waals surface area contributed by atoms with E-state index in [1.165, 1.54) is 18.1 Å². The van der Waals surface area contributed by atoms with Crippen molar-refractivity contribution in [3.8, 4) is 0 Å². The number of rotatable bonds is 6. The fourth-order valence-corrected chi connectivity index (χ4v) is 16.6. The van der Waals surface area contributed by atoms with Gasteiger partial charge in [-0.05, 0) is 35.9 Å². The average molecular weight is 380 g/mol. The molecule has 0 amide bonds. The summed E-state index contributed by atoms with van der Waals surface area (Å²) in [5.74, 6) is 2.26. The highest BCUT2D eigenvalue weighted by atomic mass is 28.3. The lowest BCUT2D eigenvalue weighted by Crippen LogP contribution is -2.76. The Bertz CT molecular complexity index is 686. The molecule has 0 unspecified atom stereocenters. The molecule has 0 saturated carbocycles. The van der Waals surface area contributed by atoms with Crippen LogP contribution in [0.15, 0.2) is 48.5 Å². The molecule has 0 saturated heterocycles. The maximum Gasteiger partial charge on any atom is 0.121 e. The second-order valence-electron chi connectivity index (χ2n) is 9.45. The van der Waals surface area contributed by atoms with E-state index < -0.39 is 16.9 Å². The van der Waals surface area contributed by atoms with Crippen molar-refractivity contribution in [3.63, 3.8) is 0 Å². The molecule has 1 heterocycles. The van der Waals surface area contributed by atoms with E-state index in [2.05, 4.69) is 90.1 Å². The quantitative estimate of drug-likeness (QED) is 0.662. The van der Waals surface area contributed by atoms with Gasteiger partial charge in [-0.15, -0.1) is 0 Å². The molecular formula is C24H35Si2. The van der Waals surface area contributed by atoms with Crippen molar-refractivity contribution in [3.05, 3.63) is 48.5 Å². The zero-order chi connectivity index (χ0) is 18.9. The minimum Gasteiger partial charge on any atom is -0.0630 e. The van der Waals surface area contributed by atoms with Crippen molar-refractivity contribution in [2.45, 2.75) is 59.7 Å². The highest BCUT2D eigenvalue weighted by Crippen LogP contribution is 2.27. The van der Waals surface area contributed by atoms with E-state index in [1.54, 1.807) is 20.7 Å². The summed E-state index contributed by atoms with van der Waals surface area (Å²) in [7, 11) is -2.38. The Morgan fingerprint density at radius 1 is 0.654 bits per heavy atom. The van der Waals surface area contributed by atoms with Crippen LogP contribution >= 0.6 is 0 Å². The third-order valence-corrected chi connectivity index (χ3v) is 15.5. The van der Waals surface area contributed by atoms with Gasteiger partial charge in [-0.25, -0.2) is 0 Å². The van der Waals surface area contributed by atoms with Crippen LogP contribution in [0.3, 0.4) is 0 Å². The highest BCUT2D eigenvalue weighted by Gasteiger charge is 2.46. The topological polar surface area (TPSA) is 0 Å². The number of benzene rings is 2. The molecule has 0 fully saturated rings. The Kier molecular flexibility index (Phi) is 5.93. The predicted octanol–water partition coefficient (Wildman–Crippen LogP) is 4.14. The molecule has 2 heteroatoms. The first-order valence-corrected chi connectivity index (χ1v) is 14.5. The molecule has 0 bridgehead atoms. The van der Waals surface area contributed by atoms with Gasteiger partial charge in [0.1, 0.15) is 16.9 Å². The number of fused-ring (bicyclic) bond motifs is 2. The van der Waals surface area contributed by atoms with Gasteiger partial charge < -0.3 is 0 Å². The molecule has 0 aromatic heterocycles. The van der Waals surface area contributed by atoms with Gasteiger partial charge in [0.15, 0.2) is 0 Å². The maximum absolute atomic E-state index is 2.52. The third-order valence-electron chi connectivity index (χ3n) is 5.66. The second kappa shape index (κ2) is 7.86. The largest absolute Gasteiger partial charge is 0.121 e. The van der Waals surface area contributed by atoms with Gasteiger partial charge in [0.25, 0.3) is 0 Å². The van der Waals surface area contributed by atoms with E-state index in [0.717, 1.165) is 17.8 Å². The molecule has 3 rings (SSSR count). The van der Waals surface area contributed by atoms with Crippen molar-refractivity contribution in [1.82, 2.24) is 0 Å². The van der Waals surface area contributed by atoms with Crippen LogP contribution < -0.4 is 20.7 Å². The third kappa shape index (κ3) is 3.63. The standard InChI is InChI=1S/C24H35Si2/c1-18(2)15-25-21-11-7-9-13-23(21)26(16-19(3)4,17-20(5)6)24-14-10-8-12-22(24)25/h7-14,18-20H,15-17H2,1-6H3. The predicted molar refractivity (Wildman–Crippen MR) is 122 cm³/mol. The van der Waals surface area contributed by atoms with Crippen molar-refractivity contribution in [2.75, 3.05) is 0 Å². The smallest absolute Gasteiger partial charge is 0.0630 e.